The number of benzene rings is 1. The topological polar surface area (TPSA) is 47.3 Å². The molecule has 0 saturated heterocycles. The van der Waals surface area contributed by atoms with E-state index in [4.69, 9.17) is 4.74 Å². The molecule has 4 nitrogen and oxygen atoms in total. The van der Waals surface area contributed by atoms with E-state index in [1.807, 2.05) is 35.9 Å². The van der Waals surface area contributed by atoms with Crippen LogP contribution in [0.3, 0.4) is 0 Å². The minimum Gasteiger partial charge on any atom is -0.493 e. The first kappa shape index (κ1) is 13.6. The van der Waals surface area contributed by atoms with Gasteiger partial charge in [0.15, 0.2) is 5.75 Å². The molecule has 2 aromatic rings. The van der Waals surface area contributed by atoms with Gasteiger partial charge in [-0.1, -0.05) is 36.8 Å². The van der Waals surface area contributed by atoms with E-state index in [0.717, 1.165) is 29.8 Å². The monoisotopic (exact) mass is 260 g/mol. The van der Waals surface area contributed by atoms with Gasteiger partial charge in [0.1, 0.15) is 11.8 Å². The Morgan fingerprint density at radius 2 is 2.21 bits per heavy atom. The highest BCUT2D eigenvalue weighted by Crippen LogP contribution is 2.30. The van der Waals surface area contributed by atoms with Gasteiger partial charge in [0, 0.05) is 6.54 Å². The van der Waals surface area contributed by atoms with Crippen LogP contribution in [0, 0.1) is 6.92 Å². The van der Waals surface area contributed by atoms with Crippen LogP contribution >= 0.6 is 0 Å². The molecule has 102 valence electrons. The second-order valence-corrected chi connectivity index (χ2v) is 4.64. The van der Waals surface area contributed by atoms with Gasteiger partial charge in [-0.2, -0.15) is 5.10 Å². The van der Waals surface area contributed by atoms with Gasteiger partial charge in [0.05, 0.1) is 13.3 Å². The van der Waals surface area contributed by atoms with Crippen LogP contribution < -0.4 is 4.74 Å². The van der Waals surface area contributed by atoms with E-state index in [0.29, 0.717) is 5.75 Å². The number of aromatic nitrogens is 2. The summed E-state index contributed by atoms with van der Waals surface area (Å²) in [4.78, 5) is 0. The van der Waals surface area contributed by atoms with Crippen LogP contribution in [0.5, 0.6) is 5.75 Å². The number of aliphatic hydroxyl groups excluding tert-OH is 1. The Hall–Kier alpha value is -1.81. The third kappa shape index (κ3) is 2.79. The van der Waals surface area contributed by atoms with Crippen LogP contribution in [0.4, 0.5) is 0 Å². The van der Waals surface area contributed by atoms with Gasteiger partial charge in [-0.25, -0.2) is 0 Å². The molecule has 1 aromatic carbocycles. The largest absolute Gasteiger partial charge is 0.493 e. The fourth-order valence-electron chi connectivity index (χ4n) is 2.20. The highest BCUT2D eigenvalue weighted by Gasteiger charge is 2.21. The molecule has 1 heterocycles. The Bertz CT molecular complexity index is 549. The zero-order valence-electron chi connectivity index (χ0n) is 11.6. The summed E-state index contributed by atoms with van der Waals surface area (Å²) in [5, 5.41) is 14.9. The molecule has 0 fully saturated rings. The maximum Gasteiger partial charge on any atom is 0.163 e. The van der Waals surface area contributed by atoms with Gasteiger partial charge in [0.2, 0.25) is 0 Å². The third-order valence-corrected chi connectivity index (χ3v) is 3.12. The standard InChI is InChI=1S/C15H20N2O2/c1-4-8-17-14(13(19-3)10-16-17)15(18)12-7-5-6-11(2)9-12/h5-7,9-10,15,18H,4,8H2,1-3H3. The Balaban J connectivity index is 2.41. The summed E-state index contributed by atoms with van der Waals surface area (Å²) < 4.78 is 7.11. The summed E-state index contributed by atoms with van der Waals surface area (Å²) >= 11 is 0. The van der Waals surface area contributed by atoms with Crippen molar-refractivity contribution < 1.29 is 9.84 Å². The van der Waals surface area contributed by atoms with Crippen molar-refractivity contribution in [2.45, 2.75) is 32.9 Å². The minimum absolute atomic E-state index is 0.627. The molecule has 0 bridgehead atoms. The van der Waals surface area contributed by atoms with Crippen molar-refractivity contribution in [2.24, 2.45) is 0 Å². The molecule has 1 N–H and O–H groups in total. The van der Waals surface area contributed by atoms with Crippen molar-refractivity contribution in [1.29, 1.82) is 0 Å². The normalized spacial score (nSPS) is 12.4. The smallest absolute Gasteiger partial charge is 0.163 e. The molecule has 4 heteroatoms. The Morgan fingerprint density at radius 1 is 1.42 bits per heavy atom. The fourth-order valence-corrected chi connectivity index (χ4v) is 2.20. The molecule has 2 rings (SSSR count). The van der Waals surface area contributed by atoms with Crippen molar-refractivity contribution in [2.75, 3.05) is 7.11 Å². The van der Waals surface area contributed by atoms with Crippen molar-refractivity contribution in [1.82, 2.24) is 9.78 Å². The van der Waals surface area contributed by atoms with Crippen LogP contribution in [-0.4, -0.2) is 22.0 Å². The summed E-state index contributed by atoms with van der Waals surface area (Å²) in [6.45, 7) is 4.86. The van der Waals surface area contributed by atoms with Crippen molar-refractivity contribution in [3.05, 3.63) is 47.3 Å². The van der Waals surface area contributed by atoms with Crippen LogP contribution in [0.2, 0.25) is 0 Å². The van der Waals surface area contributed by atoms with E-state index in [1.165, 1.54) is 0 Å². The number of hydrogen-bond donors (Lipinski definition) is 1. The molecule has 0 aliphatic heterocycles. The van der Waals surface area contributed by atoms with Crippen molar-refractivity contribution in [3.63, 3.8) is 0 Å². The minimum atomic E-state index is -0.719. The first-order chi connectivity index (χ1) is 9.17. The first-order valence-electron chi connectivity index (χ1n) is 6.51. The number of rotatable bonds is 5. The summed E-state index contributed by atoms with van der Waals surface area (Å²) in [6, 6.07) is 7.85. The van der Waals surface area contributed by atoms with Gasteiger partial charge in [0.25, 0.3) is 0 Å². The molecule has 19 heavy (non-hydrogen) atoms. The lowest BCUT2D eigenvalue weighted by atomic mass is 10.0. The van der Waals surface area contributed by atoms with Gasteiger partial charge in [-0.15, -0.1) is 0 Å². The first-order valence-corrected chi connectivity index (χ1v) is 6.51. The maximum atomic E-state index is 10.6. The van der Waals surface area contributed by atoms with E-state index in [9.17, 15) is 5.11 Å². The predicted octanol–water partition coefficient (Wildman–Crippen LogP) is 2.69. The lowest BCUT2D eigenvalue weighted by molar-refractivity contribution is 0.202. The quantitative estimate of drug-likeness (QED) is 0.899. The average Bonchev–Trinajstić information content (AvgIpc) is 2.81. The Morgan fingerprint density at radius 3 is 2.84 bits per heavy atom. The number of aliphatic hydroxyl groups is 1. The molecule has 0 aliphatic carbocycles. The summed E-state index contributed by atoms with van der Waals surface area (Å²) in [5.41, 5.74) is 2.70. The second kappa shape index (κ2) is 5.89. The van der Waals surface area contributed by atoms with Crippen molar-refractivity contribution in [3.8, 4) is 5.75 Å². The molecular weight excluding hydrogens is 240 g/mol. The molecule has 0 radical (unpaired) electrons. The van der Waals surface area contributed by atoms with E-state index in [2.05, 4.69) is 12.0 Å². The molecular formula is C15H20N2O2. The lowest BCUT2D eigenvalue weighted by Crippen LogP contribution is -2.11. The molecule has 0 amide bonds. The molecule has 1 aromatic heterocycles. The van der Waals surface area contributed by atoms with Gasteiger partial charge >= 0.3 is 0 Å². The van der Waals surface area contributed by atoms with E-state index < -0.39 is 6.10 Å². The predicted molar refractivity (Wildman–Crippen MR) is 74.3 cm³/mol. The van der Waals surface area contributed by atoms with Crippen molar-refractivity contribution >= 4 is 0 Å². The zero-order chi connectivity index (χ0) is 13.8. The summed E-state index contributed by atoms with van der Waals surface area (Å²) in [5.74, 6) is 0.627. The average molecular weight is 260 g/mol. The van der Waals surface area contributed by atoms with Crippen LogP contribution in [0.25, 0.3) is 0 Å². The molecule has 0 saturated carbocycles. The number of nitrogens with zero attached hydrogens (tertiary/aromatic N) is 2. The van der Waals surface area contributed by atoms with Gasteiger partial charge in [-0.05, 0) is 18.9 Å². The third-order valence-electron chi connectivity index (χ3n) is 3.12. The van der Waals surface area contributed by atoms with Gasteiger partial charge in [-0.3, -0.25) is 4.68 Å². The zero-order valence-corrected chi connectivity index (χ0v) is 11.6. The molecule has 1 unspecified atom stereocenters. The Labute approximate surface area is 113 Å². The SMILES string of the molecule is CCCn1ncc(OC)c1C(O)c1cccc(C)c1. The number of ether oxygens (including phenoxy) is 1. The summed E-state index contributed by atoms with van der Waals surface area (Å²) in [7, 11) is 1.60. The van der Waals surface area contributed by atoms with E-state index in [-0.39, 0.29) is 0 Å². The van der Waals surface area contributed by atoms with Crippen LogP contribution in [-0.2, 0) is 6.54 Å². The molecule has 0 spiro atoms. The lowest BCUT2D eigenvalue weighted by Gasteiger charge is -2.15. The Kier molecular flexibility index (Phi) is 4.22. The second-order valence-electron chi connectivity index (χ2n) is 4.64. The number of hydrogen-bond acceptors (Lipinski definition) is 3. The highest BCUT2D eigenvalue weighted by atomic mass is 16.5. The molecule has 0 aliphatic rings. The number of methoxy groups -OCH3 is 1. The van der Waals surface area contributed by atoms with E-state index in [1.54, 1.807) is 13.3 Å². The summed E-state index contributed by atoms with van der Waals surface area (Å²) in [6.07, 6.45) is 1.89. The van der Waals surface area contributed by atoms with Gasteiger partial charge < -0.3 is 9.84 Å². The molecule has 1 atom stereocenters. The number of aryl methyl sites for hydroxylation is 2. The van der Waals surface area contributed by atoms with Crippen LogP contribution in [0.15, 0.2) is 30.5 Å². The van der Waals surface area contributed by atoms with E-state index >= 15 is 0 Å². The highest BCUT2D eigenvalue weighted by molar-refractivity contribution is 5.36. The maximum absolute atomic E-state index is 10.6. The van der Waals surface area contributed by atoms with Crippen LogP contribution in [0.1, 0.15) is 36.3 Å². The fraction of sp³-hybridized carbons (Fsp3) is 0.400.